The van der Waals surface area contributed by atoms with Crippen molar-refractivity contribution in [3.05, 3.63) is 87.9 Å². The lowest BCUT2D eigenvalue weighted by atomic mass is 10.1. The van der Waals surface area contributed by atoms with Gasteiger partial charge in [0.2, 0.25) is 11.8 Å². The van der Waals surface area contributed by atoms with E-state index >= 15 is 0 Å². The van der Waals surface area contributed by atoms with Crippen molar-refractivity contribution < 1.29 is 22.7 Å². The third kappa shape index (κ3) is 7.68. The summed E-state index contributed by atoms with van der Waals surface area (Å²) in [6.07, 6.45) is 0. The summed E-state index contributed by atoms with van der Waals surface area (Å²) in [4.78, 5) is 28.3. The van der Waals surface area contributed by atoms with Crippen LogP contribution in [0.25, 0.3) is 0 Å². The molecule has 0 aromatic heterocycles. The number of nitrogens with one attached hydrogen (secondary N) is 1. The van der Waals surface area contributed by atoms with E-state index in [-0.39, 0.29) is 29.1 Å². The summed E-state index contributed by atoms with van der Waals surface area (Å²) in [5, 5.41) is 3.55. The Morgan fingerprint density at radius 1 is 0.975 bits per heavy atom. The SMILES string of the molecule is COc1cccc(N(CC(=O)N(Cc2ccc(Cl)cc2Cl)[C@H](C)C(=O)NC(C)C)S(=O)(=O)c2ccc(C)cc2)c1. The van der Waals surface area contributed by atoms with Crippen LogP contribution in [0.1, 0.15) is 31.9 Å². The van der Waals surface area contributed by atoms with Gasteiger partial charge in [-0.05, 0) is 69.7 Å². The monoisotopic (exact) mass is 605 g/mol. The van der Waals surface area contributed by atoms with Gasteiger partial charge in [0.25, 0.3) is 10.0 Å². The van der Waals surface area contributed by atoms with Crippen molar-refractivity contribution in [1.82, 2.24) is 10.2 Å². The summed E-state index contributed by atoms with van der Waals surface area (Å²) in [5.41, 5.74) is 1.67. The van der Waals surface area contributed by atoms with Crippen molar-refractivity contribution in [2.24, 2.45) is 0 Å². The fourth-order valence-corrected chi connectivity index (χ4v) is 5.83. The van der Waals surface area contributed by atoms with Crippen LogP contribution >= 0.6 is 23.2 Å². The summed E-state index contributed by atoms with van der Waals surface area (Å²) in [6.45, 7) is 6.44. The number of sulfonamides is 1. The molecule has 2 amide bonds. The molecule has 0 fully saturated rings. The Kier molecular flexibility index (Phi) is 10.5. The van der Waals surface area contributed by atoms with Gasteiger partial charge in [0.05, 0.1) is 17.7 Å². The van der Waals surface area contributed by atoms with Gasteiger partial charge in [-0.3, -0.25) is 13.9 Å². The van der Waals surface area contributed by atoms with Crippen LogP contribution in [0, 0.1) is 6.92 Å². The molecule has 3 rings (SSSR count). The van der Waals surface area contributed by atoms with Crippen molar-refractivity contribution >= 4 is 50.7 Å². The summed E-state index contributed by atoms with van der Waals surface area (Å²) >= 11 is 12.5. The predicted octanol–water partition coefficient (Wildman–Crippen LogP) is 5.45. The van der Waals surface area contributed by atoms with E-state index in [2.05, 4.69) is 5.32 Å². The molecule has 3 aromatic rings. The molecule has 3 aromatic carbocycles. The molecule has 0 radical (unpaired) electrons. The second kappa shape index (κ2) is 13.4. The van der Waals surface area contributed by atoms with Crippen molar-refractivity contribution in [3.8, 4) is 5.75 Å². The molecule has 0 spiro atoms. The molecule has 0 heterocycles. The van der Waals surface area contributed by atoms with Gasteiger partial charge in [-0.2, -0.15) is 0 Å². The number of carbonyl (C=O) groups excluding carboxylic acids is 2. The van der Waals surface area contributed by atoms with Gasteiger partial charge in [-0.15, -0.1) is 0 Å². The minimum absolute atomic E-state index is 0.0200. The Hall–Kier alpha value is -3.27. The number of halogens is 2. The highest BCUT2D eigenvalue weighted by Gasteiger charge is 2.33. The number of anilines is 1. The van der Waals surface area contributed by atoms with Gasteiger partial charge in [-0.1, -0.05) is 53.0 Å². The zero-order valence-corrected chi connectivity index (χ0v) is 25.3. The quantitative estimate of drug-likeness (QED) is 0.313. The second-order valence-electron chi connectivity index (χ2n) is 9.62. The number of amides is 2. The van der Waals surface area contributed by atoms with Gasteiger partial charge < -0.3 is 15.0 Å². The largest absolute Gasteiger partial charge is 0.497 e. The van der Waals surface area contributed by atoms with E-state index in [1.165, 1.54) is 30.2 Å². The predicted molar refractivity (Wildman–Crippen MR) is 158 cm³/mol. The van der Waals surface area contributed by atoms with E-state index in [1.54, 1.807) is 55.5 Å². The molecule has 0 aliphatic heterocycles. The smallest absolute Gasteiger partial charge is 0.264 e. The minimum atomic E-state index is -4.19. The highest BCUT2D eigenvalue weighted by Crippen LogP contribution is 2.28. The Morgan fingerprint density at radius 2 is 1.65 bits per heavy atom. The third-order valence-corrected chi connectivity index (χ3v) is 8.56. The number of nitrogens with zero attached hydrogens (tertiary/aromatic N) is 2. The molecular formula is C29H33Cl2N3O5S. The molecule has 8 nitrogen and oxygen atoms in total. The number of aryl methyl sites for hydroxylation is 1. The third-order valence-electron chi connectivity index (χ3n) is 6.18. The van der Waals surface area contributed by atoms with Crippen LogP contribution in [0.4, 0.5) is 5.69 Å². The first kappa shape index (κ1) is 31.3. The fourth-order valence-electron chi connectivity index (χ4n) is 3.95. The Bertz CT molecular complexity index is 1460. The maximum absolute atomic E-state index is 14.0. The molecule has 214 valence electrons. The van der Waals surface area contributed by atoms with Crippen LogP contribution in [-0.2, 0) is 26.2 Å². The van der Waals surface area contributed by atoms with Gasteiger partial charge >= 0.3 is 0 Å². The van der Waals surface area contributed by atoms with Crippen LogP contribution in [0.2, 0.25) is 10.0 Å². The first-order valence-electron chi connectivity index (χ1n) is 12.6. The number of hydrogen-bond donors (Lipinski definition) is 1. The topological polar surface area (TPSA) is 96.0 Å². The molecule has 0 saturated heterocycles. The lowest BCUT2D eigenvalue weighted by Crippen LogP contribution is -2.52. The molecule has 0 saturated carbocycles. The van der Waals surface area contributed by atoms with Crippen molar-refractivity contribution in [1.29, 1.82) is 0 Å². The number of carbonyl (C=O) groups is 2. The zero-order chi connectivity index (χ0) is 29.6. The van der Waals surface area contributed by atoms with Crippen LogP contribution in [0.5, 0.6) is 5.75 Å². The van der Waals surface area contributed by atoms with E-state index < -0.39 is 28.5 Å². The minimum Gasteiger partial charge on any atom is -0.497 e. The average Bonchev–Trinajstić information content (AvgIpc) is 2.90. The molecule has 0 aliphatic carbocycles. The average molecular weight is 607 g/mol. The van der Waals surface area contributed by atoms with E-state index in [0.29, 0.717) is 21.4 Å². The molecule has 11 heteroatoms. The van der Waals surface area contributed by atoms with E-state index in [0.717, 1.165) is 9.87 Å². The van der Waals surface area contributed by atoms with Crippen LogP contribution in [0.15, 0.2) is 71.6 Å². The molecular weight excluding hydrogens is 573 g/mol. The van der Waals surface area contributed by atoms with Crippen LogP contribution < -0.4 is 14.4 Å². The first-order valence-corrected chi connectivity index (χ1v) is 14.8. The van der Waals surface area contributed by atoms with Gasteiger partial charge in [0.15, 0.2) is 0 Å². The first-order chi connectivity index (χ1) is 18.8. The summed E-state index contributed by atoms with van der Waals surface area (Å²) in [6, 6.07) is 16.5. The Morgan fingerprint density at radius 3 is 2.25 bits per heavy atom. The fraction of sp³-hybridized carbons (Fsp3) is 0.310. The Labute approximate surface area is 245 Å². The van der Waals surface area contributed by atoms with E-state index in [1.807, 2.05) is 20.8 Å². The van der Waals surface area contributed by atoms with Gasteiger partial charge in [0, 0.05) is 28.7 Å². The highest BCUT2D eigenvalue weighted by molar-refractivity contribution is 7.92. The van der Waals surface area contributed by atoms with Crippen LogP contribution in [0.3, 0.4) is 0 Å². The molecule has 1 N–H and O–H groups in total. The number of rotatable bonds is 11. The molecule has 0 aliphatic rings. The van der Waals surface area contributed by atoms with Crippen molar-refractivity contribution in [3.63, 3.8) is 0 Å². The molecule has 40 heavy (non-hydrogen) atoms. The summed E-state index contributed by atoms with van der Waals surface area (Å²) in [5.74, 6) is -0.567. The number of ether oxygens (including phenoxy) is 1. The number of methoxy groups -OCH3 is 1. The number of benzene rings is 3. The standard InChI is InChI=1S/C29H33Cl2N3O5S/c1-19(2)32-29(36)21(4)33(17-22-11-12-23(30)15-27(22)31)28(35)18-34(24-7-6-8-25(16-24)39-5)40(37,38)26-13-9-20(3)10-14-26/h6-16,19,21H,17-18H2,1-5H3,(H,32,36)/t21-/m1/s1. The lowest BCUT2D eigenvalue weighted by molar-refractivity contribution is -0.139. The van der Waals surface area contributed by atoms with Gasteiger partial charge in [-0.25, -0.2) is 8.42 Å². The zero-order valence-electron chi connectivity index (χ0n) is 23.0. The normalized spacial score (nSPS) is 12.1. The molecule has 1 atom stereocenters. The molecule has 0 bridgehead atoms. The molecule has 0 unspecified atom stereocenters. The van der Waals surface area contributed by atoms with E-state index in [9.17, 15) is 18.0 Å². The summed E-state index contributed by atoms with van der Waals surface area (Å²) in [7, 11) is -2.72. The van der Waals surface area contributed by atoms with Crippen molar-refractivity contribution in [2.45, 2.75) is 51.2 Å². The lowest BCUT2D eigenvalue weighted by Gasteiger charge is -2.32. The summed E-state index contributed by atoms with van der Waals surface area (Å²) < 4.78 is 34.1. The van der Waals surface area contributed by atoms with Crippen molar-refractivity contribution in [2.75, 3.05) is 18.0 Å². The second-order valence-corrected chi connectivity index (χ2v) is 12.3. The highest BCUT2D eigenvalue weighted by atomic mass is 35.5. The number of hydrogen-bond acceptors (Lipinski definition) is 5. The Balaban J connectivity index is 2.07. The maximum Gasteiger partial charge on any atom is 0.264 e. The van der Waals surface area contributed by atoms with Crippen LogP contribution in [-0.4, -0.2) is 50.9 Å². The van der Waals surface area contributed by atoms with Gasteiger partial charge in [0.1, 0.15) is 18.3 Å². The maximum atomic E-state index is 14.0. The van der Waals surface area contributed by atoms with E-state index in [4.69, 9.17) is 27.9 Å².